The van der Waals surface area contributed by atoms with Gasteiger partial charge in [-0.1, -0.05) is 38.3 Å². The van der Waals surface area contributed by atoms with Gasteiger partial charge in [-0.15, -0.1) is 0 Å². The van der Waals surface area contributed by atoms with Crippen LogP contribution >= 0.6 is 11.6 Å². The number of aromatic nitrogens is 2. The van der Waals surface area contributed by atoms with Crippen molar-refractivity contribution in [1.29, 1.82) is 0 Å². The quantitative estimate of drug-likeness (QED) is 0.539. The number of nitrogens with zero attached hydrogens (tertiary/aromatic N) is 3. The van der Waals surface area contributed by atoms with Gasteiger partial charge in [-0.05, 0) is 19.8 Å². The molecule has 0 aliphatic heterocycles. The molecule has 0 unspecified atom stereocenters. The maximum absolute atomic E-state index is 11.2. The van der Waals surface area contributed by atoms with Crippen LogP contribution in [0, 0.1) is 6.92 Å². The van der Waals surface area contributed by atoms with Crippen LogP contribution < -0.4 is 4.90 Å². The van der Waals surface area contributed by atoms with Crippen LogP contribution in [0.1, 0.15) is 55.7 Å². The molecule has 0 bridgehead atoms. The number of carbonyl (C=O) groups is 1. The van der Waals surface area contributed by atoms with Gasteiger partial charge in [-0.25, -0.2) is 9.97 Å². The van der Waals surface area contributed by atoms with Crippen LogP contribution in [0.2, 0.25) is 5.15 Å². The fourth-order valence-corrected chi connectivity index (χ4v) is 2.15. The number of aldehydes is 1. The summed E-state index contributed by atoms with van der Waals surface area (Å²) in [6.45, 7) is 7.88. The highest BCUT2D eigenvalue weighted by Crippen LogP contribution is 2.23. The lowest BCUT2D eigenvalue weighted by Crippen LogP contribution is -2.28. The number of carbonyl (C=O) groups excluding carboxylic acids is 1. The van der Waals surface area contributed by atoms with Crippen LogP contribution in [0.5, 0.6) is 0 Å². The van der Waals surface area contributed by atoms with E-state index in [9.17, 15) is 4.79 Å². The van der Waals surface area contributed by atoms with Gasteiger partial charge in [0.05, 0.1) is 5.56 Å². The summed E-state index contributed by atoms with van der Waals surface area (Å²) in [4.78, 5) is 21.8. The Morgan fingerprint density at radius 1 is 1.16 bits per heavy atom. The Labute approximate surface area is 120 Å². The van der Waals surface area contributed by atoms with Crippen molar-refractivity contribution in [3.63, 3.8) is 0 Å². The first-order valence-corrected chi connectivity index (χ1v) is 7.26. The van der Waals surface area contributed by atoms with Crippen molar-refractivity contribution in [1.82, 2.24) is 9.97 Å². The van der Waals surface area contributed by atoms with E-state index in [4.69, 9.17) is 11.6 Å². The molecule has 4 nitrogen and oxygen atoms in total. The third-order valence-electron chi connectivity index (χ3n) is 2.97. The molecule has 0 amide bonds. The third-order valence-corrected chi connectivity index (χ3v) is 3.26. The topological polar surface area (TPSA) is 46.1 Å². The maximum atomic E-state index is 11.2. The Morgan fingerprint density at radius 3 is 2.21 bits per heavy atom. The first-order chi connectivity index (χ1) is 9.13. The van der Waals surface area contributed by atoms with Crippen LogP contribution in [0.3, 0.4) is 0 Å². The van der Waals surface area contributed by atoms with Gasteiger partial charge in [0.2, 0.25) is 0 Å². The van der Waals surface area contributed by atoms with E-state index in [2.05, 4.69) is 28.7 Å². The monoisotopic (exact) mass is 283 g/mol. The molecule has 1 aromatic rings. The van der Waals surface area contributed by atoms with Gasteiger partial charge in [0.1, 0.15) is 16.8 Å². The summed E-state index contributed by atoms with van der Waals surface area (Å²) in [6, 6.07) is 0. The number of unbranched alkanes of at least 4 members (excludes halogenated alkanes) is 2. The number of halogens is 1. The van der Waals surface area contributed by atoms with Crippen molar-refractivity contribution >= 4 is 23.7 Å². The molecule has 1 rings (SSSR count). The zero-order valence-electron chi connectivity index (χ0n) is 11.9. The first-order valence-electron chi connectivity index (χ1n) is 6.88. The predicted octanol–water partition coefficient (Wildman–Crippen LogP) is 3.66. The van der Waals surface area contributed by atoms with Crippen LogP contribution in [0.15, 0.2) is 0 Å². The molecule has 0 saturated heterocycles. The van der Waals surface area contributed by atoms with Gasteiger partial charge >= 0.3 is 0 Å². The van der Waals surface area contributed by atoms with Crippen LogP contribution in [-0.2, 0) is 0 Å². The normalized spacial score (nSPS) is 10.5. The Bertz CT molecular complexity index is 415. The zero-order chi connectivity index (χ0) is 14.3. The lowest BCUT2D eigenvalue weighted by Gasteiger charge is -2.25. The largest absolute Gasteiger partial charge is 0.356 e. The second-order valence-electron chi connectivity index (χ2n) is 4.61. The SMILES string of the molecule is CCCCN(CCCC)c1nc(C)nc(Cl)c1C=O. The molecule has 0 aliphatic carbocycles. The predicted molar refractivity (Wildman–Crippen MR) is 79.2 cm³/mol. The van der Waals surface area contributed by atoms with Gasteiger partial charge < -0.3 is 4.90 Å². The summed E-state index contributed by atoms with van der Waals surface area (Å²) in [5, 5.41) is 0.246. The van der Waals surface area contributed by atoms with Crippen molar-refractivity contribution < 1.29 is 4.79 Å². The van der Waals surface area contributed by atoms with Crippen molar-refractivity contribution in [2.24, 2.45) is 0 Å². The molecule has 0 aromatic carbocycles. The highest BCUT2D eigenvalue weighted by molar-refractivity contribution is 6.32. The second kappa shape index (κ2) is 8.10. The molecule has 5 heteroatoms. The van der Waals surface area contributed by atoms with Gasteiger partial charge in [0.15, 0.2) is 6.29 Å². The van der Waals surface area contributed by atoms with Crippen molar-refractivity contribution in [2.45, 2.75) is 46.5 Å². The van der Waals surface area contributed by atoms with E-state index < -0.39 is 0 Å². The third kappa shape index (κ3) is 4.46. The summed E-state index contributed by atoms with van der Waals surface area (Å²) in [7, 11) is 0. The van der Waals surface area contributed by atoms with Crippen LogP contribution in [0.25, 0.3) is 0 Å². The zero-order valence-corrected chi connectivity index (χ0v) is 12.7. The summed E-state index contributed by atoms with van der Waals surface area (Å²) in [5.74, 6) is 1.28. The van der Waals surface area contributed by atoms with Crippen LogP contribution in [0.4, 0.5) is 5.82 Å². The summed E-state index contributed by atoms with van der Waals surface area (Å²) in [5.41, 5.74) is 0.402. The molecule has 0 spiro atoms. The molecule has 0 radical (unpaired) electrons. The van der Waals surface area contributed by atoms with E-state index in [1.165, 1.54) is 0 Å². The Kier molecular flexibility index (Phi) is 6.78. The fraction of sp³-hybridized carbons (Fsp3) is 0.643. The number of rotatable bonds is 8. The lowest BCUT2D eigenvalue weighted by molar-refractivity contribution is 0.112. The summed E-state index contributed by atoms with van der Waals surface area (Å²) < 4.78 is 0. The minimum Gasteiger partial charge on any atom is -0.356 e. The molecule has 0 fully saturated rings. The van der Waals surface area contributed by atoms with Crippen molar-refractivity contribution in [3.05, 3.63) is 16.5 Å². The van der Waals surface area contributed by atoms with E-state index in [0.717, 1.165) is 45.1 Å². The molecule has 19 heavy (non-hydrogen) atoms. The number of aryl methyl sites for hydroxylation is 1. The van der Waals surface area contributed by atoms with E-state index in [-0.39, 0.29) is 5.15 Å². The average Bonchev–Trinajstić information content (AvgIpc) is 2.38. The molecule has 0 aliphatic rings. The van der Waals surface area contributed by atoms with Gasteiger partial charge in [-0.2, -0.15) is 0 Å². The summed E-state index contributed by atoms with van der Waals surface area (Å²) in [6.07, 6.45) is 5.11. The summed E-state index contributed by atoms with van der Waals surface area (Å²) >= 11 is 6.04. The molecule has 1 aromatic heterocycles. The molecular weight excluding hydrogens is 262 g/mol. The second-order valence-corrected chi connectivity index (χ2v) is 4.97. The van der Waals surface area contributed by atoms with E-state index >= 15 is 0 Å². The van der Waals surface area contributed by atoms with E-state index in [1.54, 1.807) is 6.92 Å². The average molecular weight is 284 g/mol. The van der Waals surface area contributed by atoms with Gasteiger partial charge in [0.25, 0.3) is 0 Å². The minimum absolute atomic E-state index is 0.246. The van der Waals surface area contributed by atoms with Crippen molar-refractivity contribution in [2.75, 3.05) is 18.0 Å². The molecule has 0 saturated carbocycles. The molecule has 106 valence electrons. The molecule has 1 heterocycles. The molecule has 0 N–H and O–H groups in total. The van der Waals surface area contributed by atoms with Crippen molar-refractivity contribution in [3.8, 4) is 0 Å². The van der Waals surface area contributed by atoms with Gasteiger partial charge in [0, 0.05) is 13.1 Å². The highest BCUT2D eigenvalue weighted by Gasteiger charge is 2.16. The number of hydrogen-bond donors (Lipinski definition) is 0. The fourth-order valence-electron chi connectivity index (χ4n) is 1.90. The first kappa shape index (κ1) is 15.9. The maximum Gasteiger partial charge on any atom is 0.156 e. The smallest absolute Gasteiger partial charge is 0.156 e. The highest BCUT2D eigenvalue weighted by atomic mass is 35.5. The molecular formula is C14H22ClN3O. The standard InChI is InChI=1S/C14H22ClN3O/c1-4-6-8-18(9-7-5-2)14-12(10-19)13(15)16-11(3)17-14/h10H,4-9H2,1-3H3. The Balaban J connectivity index is 3.08. The van der Waals surface area contributed by atoms with Gasteiger partial charge in [-0.3, -0.25) is 4.79 Å². The lowest BCUT2D eigenvalue weighted by atomic mass is 10.2. The molecule has 0 atom stereocenters. The number of anilines is 1. The minimum atomic E-state index is 0.246. The Morgan fingerprint density at radius 2 is 1.74 bits per heavy atom. The van der Waals surface area contributed by atoms with E-state index in [1.807, 2.05) is 0 Å². The van der Waals surface area contributed by atoms with E-state index in [0.29, 0.717) is 17.2 Å². The Hall–Kier alpha value is -1.16. The van der Waals surface area contributed by atoms with Crippen LogP contribution in [-0.4, -0.2) is 29.3 Å². The number of hydrogen-bond acceptors (Lipinski definition) is 4.